The second-order valence-electron chi connectivity index (χ2n) is 8.43. The molecule has 1 heterocycles. The Morgan fingerprint density at radius 1 is 0.757 bits per heavy atom. The standard InChI is InChI=1S/C29H24FN3O2S2/c30-25-13-15-26(16-14-25)32-29-31-19-28(36-29)24-11-17-27(18-12-24)37(34,35)33(20-22-7-3-1-4-8-22)21-23-9-5-2-6-10-23/h1-19H,20-21H2,(H,31,32). The molecule has 4 aromatic carbocycles. The van der Waals surface area contributed by atoms with Gasteiger partial charge in [0.05, 0.1) is 9.77 Å². The maximum atomic E-state index is 13.7. The van der Waals surface area contributed by atoms with Gasteiger partial charge in [0.15, 0.2) is 5.13 Å². The van der Waals surface area contributed by atoms with Crippen molar-refractivity contribution in [3.8, 4) is 10.4 Å². The summed E-state index contributed by atoms with van der Waals surface area (Å²) in [5.41, 5.74) is 3.44. The number of sulfonamides is 1. The fourth-order valence-electron chi connectivity index (χ4n) is 3.86. The minimum Gasteiger partial charge on any atom is -0.332 e. The average Bonchev–Trinajstić information content (AvgIpc) is 3.39. The summed E-state index contributed by atoms with van der Waals surface area (Å²) >= 11 is 1.43. The van der Waals surface area contributed by atoms with Gasteiger partial charge in [-0.2, -0.15) is 4.31 Å². The van der Waals surface area contributed by atoms with Gasteiger partial charge < -0.3 is 5.32 Å². The van der Waals surface area contributed by atoms with Crippen LogP contribution in [0.1, 0.15) is 11.1 Å². The van der Waals surface area contributed by atoms with Gasteiger partial charge in [-0.3, -0.25) is 0 Å². The smallest absolute Gasteiger partial charge is 0.243 e. The number of halogens is 1. The van der Waals surface area contributed by atoms with Crippen molar-refractivity contribution in [1.82, 2.24) is 9.29 Å². The third-order valence-corrected chi connectivity index (χ3v) is 8.55. The molecule has 186 valence electrons. The Labute approximate surface area is 219 Å². The van der Waals surface area contributed by atoms with Crippen LogP contribution in [-0.2, 0) is 23.1 Å². The summed E-state index contributed by atoms with van der Waals surface area (Å²) in [6.07, 6.45) is 1.73. The molecule has 5 nitrogen and oxygen atoms in total. The molecule has 5 rings (SSSR count). The first-order valence-corrected chi connectivity index (χ1v) is 13.9. The minimum absolute atomic E-state index is 0.234. The number of hydrogen-bond acceptors (Lipinski definition) is 5. The molecule has 0 amide bonds. The molecule has 0 aliphatic heterocycles. The molecule has 0 saturated carbocycles. The van der Waals surface area contributed by atoms with Crippen LogP contribution in [0.5, 0.6) is 0 Å². The zero-order valence-electron chi connectivity index (χ0n) is 19.8. The van der Waals surface area contributed by atoms with Gasteiger partial charge in [-0.1, -0.05) is 84.1 Å². The predicted molar refractivity (Wildman–Crippen MR) is 147 cm³/mol. The van der Waals surface area contributed by atoms with Crippen LogP contribution < -0.4 is 5.32 Å². The summed E-state index contributed by atoms with van der Waals surface area (Å²) in [4.78, 5) is 5.51. The van der Waals surface area contributed by atoms with Crippen LogP contribution in [0.15, 0.2) is 120 Å². The molecule has 5 aromatic rings. The van der Waals surface area contributed by atoms with Crippen LogP contribution in [0, 0.1) is 5.82 Å². The van der Waals surface area contributed by atoms with Crippen molar-refractivity contribution in [2.45, 2.75) is 18.0 Å². The third kappa shape index (κ3) is 6.11. The molecule has 0 aliphatic rings. The van der Waals surface area contributed by atoms with Crippen LogP contribution in [0.2, 0.25) is 0 Å². The molecule has 0 saturated heterocycles. The van der Waals surface area contributed by atoms with Crippen LogP contribution in [0.4, 0.5) is 15.2 Å². The Kier molecular flexibility index (Phi) is 7.41. The fourth-order valence-corrected chi connectivity index (χ4v) is 6.12. The second kappa shape index (κ2) is 11.0. The van der Waals surface area contributed by atoms with Gasteiger partial charge in [0.25, 0.3) is 0 Å². The minimum atomic E-state index is -3.76. The van der Waals surface area contributed by atoms with Crippen molar-refractivity contribution < 1.29 is 12.8 Å². The van der Waals surface area contributed by atoms with Crippen molar-refractivity contribution in [2.24, 2.45) is 0 Å². The number of thiazole rings is 1. The highest BCUT2D eigenvalue weighted by molar-refractivity contribution is 7.89. The van der Waals surface area contributed by atoms with Crippen molar-refractivity contribution in [3.05, 3.63) is 132 Å². The topological polar surface area (TPSA) is 62.3 Å². The first-order chi connectivity index (χ1) is 18.0. The van der Waals surface area contributed by atoms with Crippen LogP contribution in [0.25, 0.3) is 10.4 Å². The summed E-state index contributed by atoms with van der Waals surface area (Å²) in [6.45, 7) is 0.542. The average molecular weight is 530 g/mol. The maximum absolute atomic E-state index is 13.7. The SMILES string of the molecule is O=S(=O)(c1ccc(-c2cnc(Nc3ccc(F)cc3)s2)cc1)N(Cc1ccccc1)Cc1ccccc1. The molecule has 0 atom stereocenters. The predicted octanol–water partition coefficient (Wildman–Crippen LogP) is 7.08. The Morgan fingerprint density at radius 2 is 1.32 bits per heavy atom. The lowest BCUT2D eigenvalue weighted by molar-refractivity contribution is 0.401. The molecule has 1 N–H and O–H groups in total. The van der Waals surface area contributed by atoms with E-state index in [1.807, 2.05) is 60.7 Å². The highest BCUT2D eigenvalue weighted by Gasteiger charge is 2.25. The molecule has 0 bridgehead atoms. The number of anilines is 2. The zero-order valence-corrected chi connectivity index (χ0v) is 21.4. The number of nitrogens with zero attached hydrogens (tertiary/aromatic N) is 2. The van der Waals surface area contributed by atoms with E-state index in [4.69, 9.17) is 0 Å². The molecular weight excluding hydrogens is 505 g/mol. The quantitative estimate of drug-likeness (QED) is 0.222. The maximum Gasteiger partial charge on any atom is 0.243 e. The molecule has 0 spiro atoms. The highest BCUT2D eigenvalue weighted by Crippen LogP contribution is 2.32. The Bertz CT molecular complexity index is 1510. The lowest BCUT2D eigenvalue weighted by Crippen LogP contribution is -2.30. The molecule has 1 aromatic heterocycles. The van der Waals surface area contributed by atoms with E-state index in [0.717, 1.165) is 27.3 Å². The molecule has 0 fully saturated rings. The van der Waals surface area contributed by atoms with Crippen molar-refractivity contribution in [3.63, 3.8) is 0 Å². The van der Waals surface area contributed by atoms with E-state index < -0.39 is 10.0 Å². The van der Waals surface area contributed by atoms with E-state index in [9.17, 15) is 12.8 Å². The number of aromatic nitrogens is 1. The van der Waals surface area contributed by atoms with E-state index in [0.29, 0.717) is 5.13 Å². The van der Waals surface area contributed by atoms with E-state index in [1.54, 1.807) is 42.6 Å². The van der Waals surface area contributed by atoms with Crippen LogP contribution in [-0.4, -0.2) is 17.7 Å². The summed E-state index contributed by atoms with van der Waals surface area (Å²) in [7, 11) is -3.76. The summed E-state index contributed by atoms with van der Waals surface area (Å²) in [5, 5.41) is 3.82. The first kappa shape index (κ1) is 24.8. The van der Waals surface area contributed by atoms with Gasteiger partial charge in [-0.05, 0) is 53.1 Å². The van der Waals surface area contributed by atoms with Gasteiger partial charge in [-0.15, -0.1) is 0 Å². The summed E-state index contributed by atoms with van der Waals surface area (Å²) in [6, 6.07) is 32.1. The molecule has 0 unspecified atom stereocenters. The van der Waals surface area contributed by atoms with Gasteiger partial charge in [0.1, 0.15) is 5.82 Å². The molecule has 37 heavy (non-hydrogen) atoms. The first-order valence-electron chi connectivity index (χ1n) is 11.6. The normalized spacial score (nSPS) is 11.5. The van der Waals surface area contributed by atoms with Crippen LogP contribution in [0.3, 0.4) is 0 Å². The van der Waals surface area contributed by atoms with E-state index in [-0.39, 0.29) is 23.8 Å². The summed E-state index contributed by atoms with van der Waals surface area (Å²) in [5.74, 6) is -0.300. The van der Waals surface area contributed by atoms with Crippen molar-refractivity contribution >= 4 is 32.2 Å². The molecule has 0 radical (unpaired) electrons. The van der Waals surface area contributed by atoms with Crippen LogP contribution >= 0.6 is 11.3 Å². The highest BCUT2D eigenvalue weighted by atomic mass is 32.2. The number of nitrogens with one attached hydrogen (secondary N) is 1. The second-order valence-corrected chi connectivity index (χ2v) is 11.4. The Morgan fingerprint density at radius 3 is 1.89 bits per heavy atom. The van der Waals surface area contributed by atoms with E-state index >= 15 is 0 Å². The monoisotopic (exact) mass is 529 g/mol. The number of hydrogen-bond donors (Lipinski definition) is 1. The van der Waals surface area contributed by atoms with Crippen molar-refractivity contribution in [2.75, 3.05) is 5.32 Å². The number of benzene rings is 4. The van der Waals surface area contributed by atoms with Gasteiger partial charge in [0, 0.05) is 25.0 Å². The van der Waals surface area contributed by atoms with E-state index in [2.05, 4.69) is 10.3 Å². The largest absolute Gasteiger partial charge is 0.332 e. The van der Waals surface area contributed by atoms with Crippen molar-refractivity contribution in [1.29, 1.82) is 0 Å². The molecule has 8 heteroatoms. The molecule has 0 aliphatic carbocycles. The fraction of sp³-hybridized carbons (Fsp3) is 0.0690. The Balaban J connectivity index is 1.37. The third-order valence-electron chi connectivity index (χ3n) is 5.78. The molecular formula is C29H24FN3O2S2. The number of rotatable bonds is 9. The van der Waals surface area contributed by atoms with E-state index in [1.165, 1.54) is 27.8 Å². The summed E-state index contributed by atoms with van der Waals surface area (Å²) < 4.78 is 42.1. The zero-order chi connectivity index (χ0) is 25.7. The van der Waals surface area contributed by atoms with Gasteiger partial charge in [0.2, 0.25) is 10.0 Å². The van der Waals surface area contributed by atoms with Gasteiger partial charge in [-0.25, -0.2) is 17.8 Å². The lowest BCUT2D eigenvalue weighted by Gasteiger charge is -2.23. The lowest BCUT2D eigenvalue weighted by atomic mass is 10.2. The Hall–Kier alpha value is -3.85. The van der Waals surface area contributed by atoms with Gasteiger partial charge >= 0.3 is 0 Å².